The Morgan fingerprint density at radius 2 is 2.08 bits per heavy atom. The minimum atomic E-state index is -0.677. The third-order valence-electron chi connectivity index (χ3n) is 1.63. The molecular formula is C9H15NO2. The SMILES string of the molecule is CCCCC/C(C)=C\C(=O)N=O. The Hall–Kier alpha value is -0.990. The molecule has 3 nitrogen and oxygen atoms in total. The van der Waals surface area contributed by atoms with Crippen molar-refractivity contribution in [2.75, 3.05) is 0 Å². The van der Waals surface area contributed by atoms with E-state index >= 15 is 0 Å². The maximum atomic E-state index is 10.5. The Labute approximate surface area is 72.8 Å². The number of amides is 1. The Morgan fingerprint density at radius 3 is 2.58 bits per heavy atom. The summed E-state index contributed by atoms with van der Waals surface area (Å²) in [6, 6.07) is 0. The maximum absolute atomic E-state index is 10.5. The Kier molecular flexibility index (Phi) is 6.15. The van der Waals surface area contributed by atoms with Gasteiger partial charge in [0, 0.05) is 11.3 Å². The van der Waals surface area contributed by atoms with Crippen LogP contribution in [0.1, 0.15) is 39.5 Å². The number of nitroso groups, excluding NO2 is 1. The van der Waals surface area contributed by atoms with Crippen molar-refractivity contribution in [3.8, 4) is 0 Å². The molecule has 12 heavy (non-hydrogen) atoms. The molecule has 0 aliphatic heterocycles. The van der Waals surface area contributed by atoms with Gasteiger partial charge < -0.3 is 0 Å². The quantitative estimate of drug-likeness (QED) is 0.361. The molecule has 0 saturated heterocycles. The third kappa shape index (κ3) is 5.77. The summed E-state index contributed by atoms with van der Waals surface area (Å²) in [5.74, 6) is -0.677. The lowest BCUT2D eigenvalue weighted by Crippen LogP contribution is -1.87. The summed E-state index contributed by atoms with van der Waals surface area (Å²) >= 11 is 0. The van der Waals surface area contributed by atoms with Crippen molar-refractivity contribution in [3.05, 3.63) is 16.6 Å². The first-order valence-corrected chi connectivity index (χ1v) is 4.25. The molecule has 0 rings (SSSR count). The van der Waals surface area contributed by atoms with Crippen LogP contribution in [-0.4, -0.2) is 5.91 Å². The van der Waals surface area contributed by atoms with Gasteiger partial charge in [-0.05, 0) is 19.8 Å². The summed E-state index contributed by atoms with van der Waals surface area (Å²) < 4.78 is 0. The van der Waals surface area contributed by atoms with Crippen molar-refractivity contribution >= 4 is 5.91 Å². The number of carbonyl (C=O) groups excluding carboxylic acids is 1. The van der Waals surface area contributed by atoms with Crippen molar-refractivity contribution in [3.63, 3.8) is 0 Å². The van der Waals surface area contributed by atoms with E-state index < -0.39 is 5.91 Å². The van der Waals surface area contributed by atoms with E-state index in [0.29, 0.717) is 0 Å². The van der Waals surface area contributed by atoms with Crippen LogP contribution in [0, 0.1) is 4.91 Å². The van der Waals surface area contributed by atoms with Crippen LogP contribution >= 0.6 is 0 Å². The lowest BCUT2D eigenvalue weighted by Gasteiger charge is -1.97. The number of hydrogen-bond acceptors (Lipinski definition) is 2. The van der Waals surface area contributed by atoms with Crippen LogP contribution in [-0.2, 0) is 4.79 Å². The molecule has 0 aromatic heterocycles. The fraction of sp³-hybridized carbons (Fsp3) is 0.667. The van der Waals surface area contributed by atoms with Gasteiger partial charge in [-0.25, -0.2) is 0 Å². The number of nitrogens with zero attached hydrogens (tertiary/aromatic N) is 1. The van der Waals surface area contributed by atoms with Gasteiger partial charge >= 0.3 is 5.91 Å². The van der Waals surface area contributed by atoms with Gasteiger partial charge in [0.15, 0.2) is 0 Å². The monoisotopic (exact) mass is 169 g/mol. The van der Waals surface area contributed by atoms with Crippen molar-refractivity contribution in [1.29, 1.82) is 0 Å². The van der Waals surface area contributed by atoms with E-state index in [0.717, 1.165) is 31.3 Å². The largest absolute Gasteiger partial charge is 0.309 e. The Bertz CT molecular complexity index is 185. The highest BCUT2D eigenvalue weighted by molar-refractivity contribution is 5.88. The van der Waals surface area contributed by atoms with Gasteiger partial charge in [0.05, 0.1) is 0 Å². The highest BCUT2D eigenvalue weighted by Gasteiger charge is 1.96. The summed E-state index contributed by atoms with van der Waals surface area (Å²) in [5, 5.41) is 2.29. The smallest absolute Gasteiger partial charge is 0.264 e. The molecule has 0 aliphatic rings. The average Bonchev–Trinajstić information content (AvgIpc) is 2.05. The Morgan fingerprint density at radius 1 is 1.42 bits per heavy atom. The fourth-order valence-electron chi connectivity index (χ4n) is 0.963. The summed E-state index contributed by atoms with van der Waals surface area (Å²) in [6.45, 7) is 3.97. The summed E-state index contributed by atoms with van der Waals surface area (Å²) in [7, 11) is 0. The van der Waals surface area contributed by atoms with Gasteiger partial charge in [-0.1, -0.05) is 25.3 Å². The molecule has 0 fully saturated rings. The highest BCUT2D eigenvalue weighted by atomic mass is 16.3. The van der Waals surface area contributed by atoms with Crippen LogP contribution < -0.4 is 0 Å². The van der Waals surface area contributed by atoms with Crippen LogP contribution in [0.2, 0.25) is 0 Å². The second-order valence-corrected chi connectivity index (χ2v) is 2.88. The maximum Gasteiger partial charge on any atom is 0.309 e. The number of unbranched alkanes of at least 4 members (excludes halogenated alkanes) is 2. The predicted molar refractivity (Wildman–Crippen MR) is 48.7 cm³/mol. The minimum absolute atomic E-state index is 0.677. The van der Waals surface area contributed by atoms with Crippen LogP contribution in [0.15, 0.2) is 16.8 Å². The topological polar surface area (TPSA) is 46.5 Å². The van der Waals surface area contributed by atoms with Gasteiger partial charge in [0.2, 0.25) is 0 Å². The molecule has 0 aromatic carbocycles. The van der Waals surface area contributed by atoms with Crippen LogP contribution in [0.5, 0.6) is 0 Å². The first kappa shape index (κ1) is 11.0. The molecule has 1 amide bonds. The lowest BCUT2D eigenvalue weighted by atomic mass is 10.1. The van der Waals surface area contributed by atoms with E-state index in [-0.39, 0.29) is 0 Å². The van der Waals surface area contributed by atoms with E-state index in [9.17, 15) is 9.70 Å². The lowest BCUT2D eigenvalue weighted by molar-refractivity contribution is -0.113. The molecule has 0 aliphatic carbocycles. The number of allylic oxidation sites excluding steroid dienone is 1. The zero-order chi connectivity index (χ0) is 9.40. The Balaban J connectivity index is 3.69. The molecular weight excluding hydrogens is 154 g/mol. The molecule has 3 heteroatoms. The average molecular weight is 169 g/mol. The van der Waals surface area contributed by atoms with Crippen molar-refractivity contribution in [2.24, 2.45) is 5.18 Å². The molecule has 0 bridgehead atoms. The van der Waals surface area contributed by atoms with E-state index in [1.807, 2.05) is 6.92 Å². The second-order valence-electron chi connectivity index (χ2n) is 2.88. The first-order valence-electron chi connectivity index (χ1n) is 4.25. The van der Waals surface area contributed by atoms with Gasteiger partial charge in [0.1, 0.15) is 0 Å². The third-order valence-corrected chi connectivity index (χ3v) is 1.63. The normalized spacial score (nSPS) is 11.3. The molecule has 0 radical (unpaired) electrons. The second kappa shape index (κ2) is 6.70. The minimum Gasteiger partial charge on any atom is -0.264 e. The molecule has 0 heterocycles. The zero-order valence-electron chi connectivity index (χ0n) is 7.67. The van der Waals surface area contributed by atoms with Crippen LogP contribution in [0.25, 0.3) is 0 Å². The summed E-state index contributed by atoms with van der Waals surface area (Å²) in [6.07, 6.45) is 5.59. The highest BCUT2D eigenvalue weighted by Crippen LogP contribution is 2.07. The predicted octanol–water partition coefficient (Wildman–Crippen LogP) is 2.81. The van der Waals surface area contributed by atoms with Gasteiger partial charge in [-0.15, -0.1) is 4.91 Å². The first-order chi connectivity index (χ1) is 5.70. The van der Waals surface area contributed by atoms with E-state index in [4.69, 9.17) is 0 Å². The van der Waals surface area contributed by atoms with Gasteiger partial charge in [-0.2, -0.15) is 0 Å². The summed E-state index contributed by atoms with van der Waals surface area (Å²) in [5.41, 5.74) is 0.938. The number of rotatable bonds is 5. The van der Waals surface area contributed by atoms with Crippen LogP contribution in [0.3, 0.4) is 0 Å². The molecule has 0 aromatic rings. The standard InChI is InChI=1S/C9H15NO2/c1-3-4-5-6-8(2)7-9(11)10-12/h7H,3-6H2,1-2H3/b8-7-. The van der Waals surface area contributed by atoms with Crippen molar-refractivity contribution in [2.45, 2.75) is 39.5 Å². The van der Waals surface area contributed by atoms with Gasteiger partial charge in [0.25, 0.3) is 0 Å². The summed E-state index contributed by atoms with van der Waals surface area (Å²) in [4.78, 5) is 20.2. The molecule has 0 unspecified atom stereocenters. The molecule has 0 N–H and O–H groups in total. The van der Waals surface area contributed by atoms with E-state index in [1.165, 1.54) is 6.08 Å². The fourth-order valence-corrected chi connectivity index (χ4v) is 0.963. The number of hydrogen-bond donors (Lipinski definition) is 0. The van der Waals surface area contributed by atoms with E-state index in [1.54, 1.807) is 0 Å². The van der Waals surface area contributed by atoms with E-state index in [2.05, 4.69) is 12.1 Å². The number of carbonyl (C=O) groups is 1. The molecule has 0 spiro atoms. The van der Waals surface area contributed by atoms with Crippen molar-refractivity contribution in [1.82, 2.24) is 0 Å². The molecule has 68 valence electrons. The van der Waals surface area contributed by atoms with Gasteiger partial charge in [-0.3, -0.25) is 4.79 Å². The molecule has 0 saturated carbocycles. The van der Waals surface area contributed by atoms with Crippen molar-refractivity contribution < 1.29 is 4.79 Å². The van der Waals surface area contributed by atoms with Crippen LogP contribution in [0.4, 0.5) is 0 Å². The molecule has 0 atom stereocenters. The zero-order valence-corrected chi connectivity index (χ0v) is 7.67.